The molecule has 2 rings (SSSR count). The molecule has 90 valence electrons. The van der Waals surface area contributed by atoms with E-state index < -0.39 is 5.82 Å². The minimum absolute atomic E-state index is 0.157. The van der Waals surface area contributed by atoms with E-state index >= 15 is 0 Å². The van der Waals surface area contributed by atoms with Crippen molar-refractivity contribution in [3.8, 4) is 17.6 Å². The van der Waals surface area contributed by atoms with Gasteiger partial charge in [-0.2, -0.15) is 5.26 Å². The average molecular weight is 371 g/mol. The summed E-state index contributed by atoms with van der Waals surface area (Å²) in [4.78, 5) is 0. The van der Waals surface area contributed by atoms with Crippen molar-refractivity contribution in [1.82, 2.24) is 0 Å². The van der Waals surface area contributed by atoms with Crippen LogP contribution in [0.1, 0.15) is 5.56 Å². The fourth-order valence-corrected chi connectivity index (χ4v) is 2.48. The molecule has 0 radical (unpaired) electrons. The Kier molecular flexibility index (Phi) is 4.00. The van der Waals surface area contributed by atoms with Gasteiger partial charge in [-0.25, -0.2) is 4.39 Å². The third-order valence-corrected chi connectivity index (χ3v) is 3.29. The Balaban J connectivity index is 2.37. The Morgan fingerprint density at radius 2 is 1.78 bits per heavy atom. The molecule has 0 aromatic heterocycles. The van der Waals surface area contributed by atoms with Crippen molar-refractivity contribution in [2.75, 3.05) is 0 Å². The van der Waals surface area contributed by atoms with Gasteiger partial charge in [0.15, 0.2) is 0 Å². The van der Waals surface area contributed by atoms with Crippen LogP contribution < -0.4 is 4.74 Å². The second-order valence-electron chi connectivity index (χ2n) is 3.43. The van der Waals surface area contributed by atoms with Gasteiger partial charge >= 0.3 is 0 Å². The number of nitrogens with zero attached hydrogens (tertiary/aromatic N) is 1. The Bertz CT molecular complexity index is 637. The minimum Gasteiger partial charge on any atom is -0.455 e. The first-order chi connectivity index (χ1) is 8.60. The molecule has 0 amide bonds. The van der Waals surface area contributed by atoms with E-state index in [0.717, 1.165) is 15.0 Å². The molecule has 2 aromatic carbocycles. The van der Waals surface area contributed by atoms with Crippen LogP contribution >= 0.6 is 31.9 Å². The van der Waals surface area contributed by atoms with Crippen LogP contribution in [-0.2, 0) is 0 Å². The highest BCUT2D eigenvalue weighted by Gasteiger charge is 2.08. The topological polar surface area (TPSA) is 33.0 Å². The molecule has 2 aromatic rings. The van der Waals surface area contributed by atoms with Gasteiger partial charge in [0.2, 0.25) is 0 Å². The van der Waals surface area contributed by atoms with E-state index in [1.165, 1.54) is 12.1 Å². The van der Waals surface area contributed by atoms with Gasteiger partial charge in [-0.05, 0) is 52.3 Å². The lowest BCUT2D eigenvalue weighted by Crippen LogP contribution is -1.90. The number of halogens is 3. The monoisotopic (exact) mass is 369 g/mol. The van der Waals surface area contributed by atoms with E-state index in [1.54, 1.807) is 6.07 Å². The number of nitriles is 1. The van der Waals surface area contributed by atoms with Crippen LogP contribution in [0.25, 0.3) is 0 Å². The predicted molar refractivity (Wildman–Crippen MR) is 73.0 cm³/mol. The lowest BCUT2D eigenvalue weighted by molar-refractivity contribution is 0.476. The summed E-state index contributed by atoms with van der Waals surface area (Å²) < 4.78 is 20.2. The van der Waals surface area contributed by atoms with Gasteiger partial charge < -0.3 is 4.74 Å². The second-order valence-corrected chi connectivity index (χ2v) is 5.20. The van der Waals surface area contributed by atoms with E-state index in [2.05, 4.69) is 31.9 Å². The summed E-state index contributed by atoms with van der Waals surface area (Å²) in [5.41, 5.74) is 0.157. The molecule has 0 fully saturated rings. The average Bonchev–Trinajstić information content (AvgIpc) is 2.34. The van der Waals surface area contributed by atoms with Crippen LogP contribution in [0.3, 0.4) is 0 Å². The lowest BCUT2D eigenvalue weighted by Gasteiger charge is -2.09. The molecule has 0 aliphatic carbocycles. The van der Waals surface area contributed by atoms with Crippen molar-refractivity contribution < 1.29 is 9.13 Å². The summed E-state index contributed by atoms with van der Waals surface area (Å²) in [7, 11) is 0. The van der Waals surface area contributed by atoms with Gasteiger partial charge in [0.1, 0.15) is 23.4 Å². The smallest absolute Gasteiger partial charge is 0.145 e. The summed E-state index contributed by atoms with van der Waals surface area (Å²) in [6.07, 6.45) is 0. The Hall–Kier alpha value is -1.38. The fourth-order valence-electron chi connectivity index (χ4n) is 1.36. The molecule has 0 saturated heterocycles. The highest BCUT2D eigenvalue weighted by Crippen LogP contribution is 2.33. The molecular formula is C13H6Br2FNO. The standard InChI is InChI=1S/C13H6Br2FNO/c14-9-1-3-13(11(15)6-9)18-12-4-2-10(16)5-8(12)7-17/h1-6H. The second kappa shape index (κ2) is 5.51. The van der Waals surface area contributed by atoms with Crippen molar-refractivity contribution in [1.29, 1.82) is 5.26 Å². The molecule has 0 atom stereocenters. The number of hydrogen-bond donors (Lipinski definition) is 0. The van der Waals surface area contributed by atoms with Crippen molar-refractivity contribution in [3.05, 3.63) is 56.7 Å². The molecule has 0 aliphatic heterocycles. The summed E-state index contributed by atoms with van der Waals surface area (Å²) in [5.74, 6) is 0.414. The molecule has 0 aliphatic rings. The number of hydrogen-bond acceptors (Lipinski definition) is 2. The largest absolute Gasteiger partial charge is 0.455 e. The van der Waals surface area contributed by atoms with Gasteiger partial charge in [0, 0.05) is 4.47 Å². The van der Waals surface area contributed by atoms with E-state index in [9.17, 15) is 4.39 Å². The Morgan fingerprint density at radius 3 is 2.44 bits per heavy atom. The minimum atomic E-state index is -0.464. The van der Waals surface area contributed by atoms with Crippen molar-refractivity contribution in [2.24, 2.45) is 0 Å². The molecule has 2 nitrogen and oxygen atoms in total. The Morgan fingerprint density at radius 1 is 1.06 bits per heavy atom. The van der Waals surface area contributed by atoms with Crippen LogP contribution in [0, 0.1) is 17.1 Å². The molecular weight excluding hydrogens is 365 g/mol. The first-order valence-corrected chi connectivity index (χ1v) is 6.51. The molecule has 5 heteroatoms. The van der Waals surface area contributed by atoms with Gasteiger partial charge in [-0.15, -0.1) is 0 Å². The maximum absolute atomic E-state index is 13.0. The maximum Gasteiger partial charge on any atom is 0.145 e. The van der Waals surface area contributed by atoms with Gasteiger partial charge in [0.25, 0.3) is 0 Å². The van der Waals surface area contributed by atoms with Crippen LogP contribution in [0.15, 0.2) is 45.3 Å². The van der Waals surface area contributed by atoms with Gasteiger partial charge in [-0.1, -0.05) is 15.9 Å². The zero-order valence-electron chi connectivity index (χ0n) is 8.95. The van der Waals surface area contributed by atoms with Crippen LogP contribution in [0.4, 0.5) is 4.39 Å². The summed E-state index contributed by atoms with van der Waals surface area (Å²) >= 11 is 6.69. The highest BCUT2D eigenvalue weighted by molar-refractivity contribution is 9.11. The number of ether oxygens (including phenoxy) is 1. The molecule has 0 spiro atoms. The summed E-state index contributed by atoms with van der Waals surface area (Å²) in [5, 5.41) is 8.92. The molecule has 0 heterocycles. The van der Waals surface area contributed by atoms with Gasteiger partial charge in [-0.3, -0.25) is 0 Å². The van der Waals surface area contributed by atoms with Crippen LogP contribution in [-0.4, -0.2) is 0 Å². The quantitative estimate of drug-likeness (QED) is 0.743. The van der Waals surface area contributed by atoms with Crippen molar-refractivity contribution in [2.45, 2.75) is 0 Å². The summed E-state index contributed by atoms with van der Waals surface area (Å²) in [6.45, 7) is 0. The number of rotatable bonds is 2. The third kappa shape index (κ3) is 2.89. The summed E-state index contributed by atoms with van der Waals surface area (Å²) in [6, 6.07) is 11.1. The van der Waals surface area contributed by atoms with E-state index in [-0.39, 0.29) is 5.56 Å². The molecule has 0 N–H and O–H groups in total. The zero-order valence-corrected chi connectivity index (χ0v) is 12.1. The van der Waals surface area contributed by atoms with E-state index in [1.807, 2.05) is 18.2 Å². The number of benzene rings is 2. The third-order valence-electron chi connectivity index (χ3n) is 2.18. The van der Waals surface area contributed by atoms with Gasteiger partial charge in [0.05, 0.1) is 10.0 Å². The Labute approximate surface area is 120 Å². The molecule has 0 saturated carbocycles. The van der Waals surface area contributed by atoms with Crippen molar-refractivity contribution in [3.63, 3.8) is 0 Å². The van der Waals surface area contributed by atoms with E-state index in [4.69, 9.17) is 10.00 Å². The first-order valence-electron chi connectivity index (χ1n) is 4.92. The van der Waals surface area contributed by atoms with Crippen molar-refractivity contribution >= 4 is 31.9 Å². The maximum atomic E-state index is 13.0. The molecule has 0 bridgehead atoms. The predicted octanol–water partition coefficient (Wildman–Crippen LogP) is 5.01. The first kappa shape index (κ1) is 13.1. The molecule has 0 unspecified atom stereocenters. The van der Waals surface area contributed by atoms with Crippen LogP contribution in [0.5, 0.6) is 11.5 Å². The SMILES string of the molecule is N#Cc1cc(F)ccc1Oc1ccc(Br)cc1Br. The fraction of sp³-hybridized carbons (Fsp3) is 0. The normalized spacial score (nSPS) is 9.89. The zero-order chi connectivity index (χ0) is 13.1. The lowest BCUT2D eigenvalue weighted by atomic mass is 10.2. The van der Waals surface area contributed by atoms with E-state index in [0.29, 0.717) is 11.5 Å². The molecule has 18 heavy (non-hydrogen) atoms. The van der Waals surface area contributed by atoms with Crippen LogP contribution in [0.2, 0.25) is 0 Å². The highest BCUT2D eigenvalue weighted by atomic mass is 79.9.